The number of amides is 1. The van der Waals surface area contributed by atoms with Gasteiger partial charge < -0.3 is 14.2 Å². The molecule has 1 aromatic carbocycles. The van der Waals surface area contributed by atoms with Crippen LogP contribution in [0.25, 0.3) is 0 Å². The number of hydrogen-bond donors (Lipinski definition) is 1. The molecule has 1 aliphatic rings. The fourth-order valence-corrected chi connectivity index (χ4v) is 2.68. The van der Waals surface area contributed by atoms with Crippen LogP contribution in [0.4, 0.5) is 10.5 Å². The quantitative estimate of drug-likeness (QED) is 0.825. The van der Waals surface area contributed by atoms with Gasteiger partial charge in [0.1, 0.15) is 12.8 Å². The van der Waals surface area contributed by atoms with Crippen molar-refractivity contribution in [2.75, 3.05) is 19.0 Å². The van der Waals surface area contributed by atoms with E-state index in [-0.39, 0.29) is 24.2 Å². The Morgan fingerprint density at radius 2 is 2.12 bits per heavy atom. The Kier molecular flexibility index (Phi) is 5.85. The van der Waals surface area contributed by atoms with E-state index >= 15 is 0 Å². The third-order valence-corrected chi connectivity index (χ3v) is 4.01. The lowest BCUT2D eigenvalue weighted by atomic mass is 10.2. The first-order chi connectivity index (χ1) is 12.7. The summed E-state index contributed by atoms with van der Waals surface area (Å²) in [6, 6.07) is 9.31. The van der Waals surface area contributed by atoms with Crippen LogP contribution < -0.4 is 5.32 Å². The molecule has 1 N–H and O–H groups in total. The zero-order chi connectivity index (χ0) is 18.4. The minimum absolute atomic E-state index is 0.0123. The van der Waals surface area contributed by atoms with E-state index in [9.17, 15) is 9.59 Å². The summed E-state index contributed by atoms with van der Waals surface area (Å²) >= 11 is 0. The SMILES string of the molecule is COC(=O)c1nn(C2CCCCO2)cc1NC(=O)OCc1ccccc1. The molecule has 2 aromatic rings. The van der Waals surface area contributed by atoms with Crippen LogP contribution in [0.2, 0.25) is 0 Å². The number of ether oxygens (including phenoxy) is 3. The van der Waals surface area contributed by atoms with E-state index in [1.54, 1.807) is 6.20 Å². The highest BCUT2D eigenvalue weighted by Crippen LogP contribution is 2.25. The van der Waals surface area contributed by atoms with Crippen molar-refractivity contribution in [1.29, 1.82) is 0 Å². The lowest BCUT2D eigenvalue weighted by molar-refractivity contribution is -0.0396. The lowest BCUT2D eigenvalue weighted by Gasteiger charge is -2.22. The molecule has 1 saturated heterocycles. The number of benzene rings is 1. The van der Waals surface area contributed by atoms with Gasteiger partial charge in [-0.1, -0.05) is 30.3 Å². The van der Waals surface area contributed by atoms with Crippen LogP contribution in [0.1, 0.15) is 41.5 Å². The number of carbonyl (C=O) groups is 2. The molecule has 0 bridgehead atoms. The molecular formula is C18H21N3O5. The first-order valence-electron chi connectivity index (χ1n) is 8.44. The van der Waals surface area contributed by atoms with Crippen molar-refractivity contribution in [1.82, 2.24) is 9.78 Å². The normalized spacial score (nSPS) is 16.7. The second-order valence-electron chi connectivity index (χ2n) is 5.87. The molecule has 1 fully saturated rings. The van der Waals surface area contributed by atoms with Gasteiger partial charge in [0.2, 0.25) is 0 Å². The molecule has 0 radical (unpaired) electrons. The molecule has 0 spiro atoms. The number of hydrogen-bond acceptors (Lipinski definition) is 6. The van der Waals surface area contributed by atoms with E-state index in [4.69, 9.17) is 14.2 Å². The predicted molar refractivity (Wildman–Crippen MR) is 92.7 cm³/mol. The highest BCUT2D eigenvalue weighted by atomic mass is 16.5. The second-order valence-corrected chi connectivity index (χ2v) is 5.87. The largest absolute Gasteiger partial charge is 0.464 e. The summed E-state index contributed by atoms with van der Waals surface area (Å²) in [5.74, 6) is -0.641. The molecule has 8 nitrogen and oxygen atoms in total. The van der Waals surface area contributed by atoms with Gasteiger partial charge in [-0.3, -0.25) is 5.32 Å². The molecule has 0 saturated carbocycles. The average Bonchev–Trinajstić information content (AvgIpc) is 3.11. The summed E-state index contributed by atoms with van der Waals surface area (Å²) in [5, 5.41) is 6.78. The fourth-order valence-electron chi connectivity index (χ4n) is 2.68. The maximum absolute atomic E-state index is 12.1. The summed E-state index contributed by atoms with van der Waals surface area (Å²) in [5.41, 5.74) is 1.10. The topological polar surface area (TPSA) is 91.7 Å². The minimum atomic E-state index is -0.678. The monoisotopic (exact) mass is 359 g/mol. The fraction of sp³-hybridized carbons (Fsp3) is 0.389. The highest BCUT2D eigenvalue weighted by Gasteiger charge is 2.24. The summed E-state index contributed by atoms with van der Waals surface area (Å²) in [6.07, 6.45) is 3.43. The number of rotatable bonds is 5. The van der Waals surface area contributed by atoms with Crippen LogP contribution in [-0.4, -0.2) is 35.6 Å². The molecule has 1 unspecified atom stereocenters. The van der Waals surface area contributed by atoms with E-state index in [2.05, 4.69) is 10.4 Å². The second kappa shape index (κ2) is 8.48. The number of nitrogens with zero attached hydrogens (tertiary/aromatic N) is 2. The molecule has 0 aliphatic carbocycles. The molecule has 1 atom stereocenters. The Morgan fingerprint density at radius 3 is 2.81 bits per heavy atom. The van der Waals surface area contributed by atoms with Crippen molar-refractivity contribution in [3.63, 3.8) is 0 Å². The molecular weight excluding hydrogens is 338 g/mol. The highest BCUT2D eigenvalue weighted by molar-refractivity contribution is 5.97. The maximum Gasteiger partial charge on any atom is 0.412 e. The van der Waals surface area contributed by atoms with Crippen LogP contribution >= 0.6 is 0 Å². The summed E-state index contributed by atoms with van der Waals surface area (Å²) < 4.78 is 17.1. The lowest BCUT2D eigenvalue weighted by Crippen LogP contribution is -2.19. The zero-order valence-corrected chi connectivity index (χ0v) is 14.5. The third kappa shape index (κ3) is 4.40. The maximum atomic E-state index is 12.1. The van der Waals surface area contributed by atoms with Crippen LogP contribution in [0.3, 0.4) is 0 Å². The van der Waals surface area contributed by atoms with Crippen molar-refractivity contribution >= 4 is 17.7 Å². The van der Waals surface area contributed by atoms with Gasteiger partial charge in [-0.25, -0.2) is 14.3 Å². The number of nitrogens with one attached hydrogen (secondary N) is 1. The van der Waals surface area contributed by atoms with Crippen molar-refractivity contribution in [2.24, 2.45) is 0 Å². The summed E-state index contributed by atoms with van der Waals surface area (Å²) in [4.78, 5) is 24.0. The Balaban J connectivity index is 1.69. The van der Waals surface area contributed by atoms with Crippen molar-refractivity contribution < 1.29 is 23.8 Å². The Labute approximate surface area is 151 Å². The zero-order valence-electron chi connectivity index (χ0n) is 14.5. The van der Waals surface area contributed by atoms with E-state index in [1.807, 2.05) is 30.3 Å². The van der Waals surface area contributed by atoms with Crippen LogP contribution in [0.5, 0.6) is 0 Å². The number of anilines is 1. The molecule has 3 rings (SSSR count). The molecule has 1 amide bonds. The van der Waals surface area contributed by atoms with E-state index in [1.165, 1.54) is 11.8 Å². The van der Waals surface area contributed by atoms with Gasteiger partial charge in [0.15, 0.2) is 5.69 Å². The Bertz CT molecular complexity index is 753. The Hall–Kier alpha value is -2.87. The minimum Gasteiger partial charge on any atom is -0.464 e. The molecule has 2 heterocycles. The van der Waals surface area contributed by atoms with Crippen LogP contribution in [0, 0.1) is 0 Å². The molecule has 26 heavy (non-hydrogen) atoms. The van der Waals surface area contributed by atoms with E-state index < -0.39 is 12.1 Å². The Morgan fingerprint density at radius 1 is 1.31 bits per heavy atom. The van der Waals surface area contributed by atoms with Gasteiger partial charge in [-0.2, -0.15) is 5.10 Å². The van der Waals surface area contributed by atoms with Gasteiger partial charge in [-0.05, 0) is 24.8 Å². The van der Waals surface area contributed by atoms with Crippen molar-refractivity contribution in [3.8, 4) is 0 Å². The van der Waals surface area contributed by atoms with Gasteiger partial charge in [0.25, 0.3) is 0 Å². The van der Waals surface area contributed by atoms with Gasteiger partial charge in [0, 0.05) is 6.61 Å². The van der Waals surface area contributed by atoms with E-state index in [0.717, 1.165) is 24.8 Å². The number of aromatic nitrogens is 2. The number of methoxy groups -OCH3 is 1. The van der Waals surface area contributed by atoms with Gasteiger partial charge >= 0.3 is 12.1 Å². The molecule has 1 aromatic heterocycles. The summed E-state index contributed by atoms with van der Waals surface area (Å²) in [7, 11) is 1.26. The number of carbonyl (C=O) groups excluding carboxylic acids is 2. The van der Waals surface area contributed by atoms with Crippen LogP contribution in [-0.2, 0) is 20.8 Å². The molecule has 8 heteroatoms. The van der Waals surface area contributed by atoms with Crippen molar-refractivity contribution in [3.05, 3.63) is 47.8 Å². The van der Waals surface area contributed by atoms with Crippen LogP contribution in [0.15, 0.2) is 36.5 Å². The summed E-state index contributed by atoms with van der Waals surface area (Å²) in [6.45, 7) is 0.764. The smallest absolute Gasteiger partial charge is 0.412 e. The first-order valence-corrected chi connectivity index (χ1v) is 8.44. The average molecular weight is 359 g/mol. The third-order valence-electron chi connectivity index (χ3n) is 4.01. The van der Waals surface area contributed by atoms with Gasteiger partial charge in [-0.15, -0.1) is 0 Å². The van der Waals surface area contributed by atoms with Crippen molar-refractivity contribution in [2.45, 2.75) is 32.1 Å². The molecule has 138 valence electrons. The van der Waals surface area contributed by atoms with Gasteiger partial charge in [0.05, 0.1) is 19.0 Å². The predicted octanol–water partition coefficient (Wildman–Crippen LogP) is 3.12. The van der Waals surface area contributed by atoms with E-state index in [0.29, 0.717) is 6.61 Å². The first kappa shape index (κ1) is 17.9. The number of esters is 1. The standard InChI is InChI=1S/C18H21N3O5/c1-24-17(22)16-14(11-21(20-16)15-9-5-6-10-25-15)19-18(23)26-12-13-7-3-2-4-8-13/h2-4,7-8,11,15H,5-6,9-10,12H2,1H3,(H,19,23). The molecule has 1 aliphatic heterocycles.